The van der Waals surface area contributed by atoms with Crippen LogP contribution in [0.1, 0.15) is 31.2 Å². The molecule has 0 atom stereocenters. The van der Waals surface area contributed by atoms with Gasteiger partial charge in [0.15, 0.2) is 0 Å². The highest BCUT2D eigenvalue weighted by atomic mass is 16.5. The zero-order valence-corrected chi connectivity index (χ0v) is 12.4. The Balaban J connectivity index is 1.95. The lowest BCUT2D eigenvalue weighted by atomic mass is 9.81. The molecule has 1 aromatic carbocycles. The molecule has 0 spiro atoms. The van der Waals surface area contributed by atoms with Crippen molar-refractivity contribution >= 4 is 17.6 Å². The molecule has 0 bridgehead atoms. The normalized spacial score (nSPS) is 21.6. The number of nitrogens with one attached hydrogen (secondary N) is 1. The smallest absolute Gasteiger partial charge is 0.306 e. The van der Waals surface area contributed by atoms with E-state index in [9.17, 15) is 9.59 Å². The molecule has 0 aromatic heterocycles. The topological polar surface area (TPSA) is 75.6 Å². The highest BCUT2D eigenvalue weighted by Gasteiger charge is 2.29. The van der Waals surface area contributed by atoms with Gasteiger partial charge in [0.05, 0.1) is 13.0 Å². The van der Waals surface area contributed by atoms with Gasteiger partial charge in [-0.05, 0) is 56.4 Å². The van der Waals surface area contributed by atoms with E-state index in [1.165, 1.54) is 0 Å². The molecular formula is C16H21NO4. The first-order chi connectivity index (χ1) is 10.0. The molecule has 0 aliphatic heterocycles. The number of rotatable bonds is 4. The maximum absolute atomic E-state index is 12.3. The van der Waals surface area contributed by atoms with Crippen molar-refractivity contribution in [2.75, 3.05) is 12.4 Å². The Bertz CT molecular complexity index is 533. The Labute approximate surface area is 124 Å². The summed E-state index contributed by atoms with van der Waals surface area (Å²) in [5, 5.41) is 11.9. The number of ether oxygens (including phenoxy) is 1. The Morgan fingerprint density at radius 1 is 1.19 bits per heavy atom. The molecule has 1 aromatic rings. The van der Waals surface area contributed by atoms with Crippen molar-refractivity contribution in [1.29, 1.82) is 0 Å². The first-order valence-electron chi connectivity index (χ1n) is 7.19. The number of anilines is 1. The summed E-state index contributed by atoms with van der Waals surface area (Å²) >= 11 is 0. The molecule has 1 aliphatic rings. The monoisotopic (exact) mass is 291 g/mol. The molecule has 5 nitrogen and oxygen atoms in total. The Morgan fingerprint density at radius 3 is 2.33 bits per heavy atom. The summed E-state index contributed by atoms with van der Waals surface area (Å²) in [7, 11) is 1.61. The molecule has 1 fully saturated rings. The van der Waals surface area contributed by atoms with Crippen LogP contribution in [0.25, 0.3) is 0 Å². The second-order valence-electron chi connectivity index (χ2n) is 5.56. The standard InChI is InChI=1S/C16H21NO4/c1-10-9-13(21-2)7-8-14(10)17-15(18)11-3-5-12(6-4-11)16(19)20/h7-9,11-12H,3-6H2,1-2H3,(H,17,18)(H,19,20). The van der Waals surface area contributed by atoms with Crippen LogP contribution in [-0.4, -0.2) is 24.1 Å². The van der Waals surface area contributed by atoms with Gasteiger partial charge in [0, 0.05) is 11.6 Å². The van der Waals surface area contributed by atoms with Crippen LogP contribution in [0, 0.1) is 18.8 Å². The lowest BCUT2D eigenvalue weighted by Crippen LogP contribution is -2.29. The fourth-order valence-corrected chi connectivity index (χ4v) is 2.74. The minimum atomic E-state index is -0.750. The molecule has 5 heteroatoms. The first-order valence-corrected chi connectivity index (χ1v) is 7.19. The van der Waals surface area contributed by atoms with E-state index >= 15 is 0 Å². The lowest BCUT2D eigenvalue weighted by molar-refractivity contribution is -0.143. The van der Waals surface area contributed by atoms with Gasteiger partial charge in [-0.2, -0.15) is 0 Å². The van der Waals surface area contributed by atoms with Crippen LogP contribution < -0.4 is 10.1 Å². The third-order valence-corrected chi connectivity index (χ3v) is 4.14. The Hall–Kier alpha value is -2.04. The summed E-state index contributed by atoms with van der Waals surface area (Å²) in [5.41, 5.74) is 1.73. The number of hydrogen-bond donors (Lipinski definition) is 2. The SMILES string of the molecule is COc1ccc(NC(=O)C2CCC(C(=O)O)CC2)c(C)c1. The summed E-state index contributed by atoms with van der Waals surface area (Å²) in [6, 6.07) is 5.51. The Kier molecular flexibility index (Phi) is 4.83. The predicted octanol–water partition coefficient (Wildman–Crippen LogP) is 2.83. The van der Waals surface area contributed by atoms with E-state index in [0.717, 1.165) is 17.0 Å². The van der Waals surface area contributed by atoms with Crippen LogP contribution >= 0.6 is 0 Å². The zero-order chi connectivity index (χ0) is 15.4. The van der Waals surface area contributed by atoms with Crippen LogP contribution in [0.3, 0.4) is 0 Å². The van der Waals surface area contributed by atoms with Crippen LogP contribution in [0.2, 0.25) is 0 Å². The Morgan fingerprint density at radius 2 is 1.81 bits per heavy atom. The minimum Gasteiger partial charge on any atom is -0.497 e. The maximum Gasteiger partial charge on any atom is 0.306 e. The maximum atomic E-state index is 12.3. The number of amides is 1. The van der Waals surface area contributed by atoms with Crippen LogP contribution in [0.5, 0.6) is 5.75 Å². The van der Waals surface area contributed by atoms with E-state index in [2.05, 4.69) is 5.32 Å². The predicted molar refractivity (Wildman–Crippen MR) is 79.4 cm³/mol. The van der Waals surface area contributed by atoms with Gasteiger partial charge in [0.2, 0.25) is 5.91 Å². The summed E-state index contributed by atoms with van der Waals surface area (Å²) in [4.78, 5) is 23.2. The lowest BCUT2D eigenvalue weighted by Gasteiger charge is -2.25. The number of benzene rings is 1. The molecule has 0 saturated heterocycles. The summed E-state index contributed by atoms with van der Waals surface area (Å²) in [6.07, 6.45) is 2.43. The van der Waals surface area contributed by atoms with Gasteiger partial charge in [0.25, 0.3) is 0 Å². The van der Waals surface area contributed by atoms with Crippen molar-refractivity contribution < 1.29 is 19.4 Å². The van der Waals surface area contributed by atoms with E-state index in [1.54, 1.807) is 7.11 Å². The van der Waals surface area contributed by atoms with Gasteiger partial charge < -0.3 is 15.2 Å². The number of aryl methyl sites for hydroxylation is 1. The minimum absolute atomic E-state index is 0.0212. The van der Waals surface area contributed by atoms with Crippen molar-refractivity contribution in [3.05, 3.63) is 23.8 Å². The molecule has 21 heavy (non-hydrogen) atoms. The summed E-state index contributed by atoms with van der Waals surface area (Å²) < 4.78 is 5.14. The zero-order valence-electron chi connectivity index (χ0n) is 12.4. The first kappa shape index (κ1) is 15.4. The van der Waals surface area contributed by atoms with Crippen molar-refractivity contribution in [2.24, 2.45) is 11.8 Å². The second-order valence-corrected chi connectivity index (χ2v) is 5.56. The largest absolute Gasteiger partial charge is 0.497 e. The quantitative estimate of drug-likeness (QED) is 0.894. The fourth-order valence-electron chi connectivity index (χ4n) is 2.74. The van der Waals surface area contributed by atoms with Crippen molar-refractivity contribution in [3.63, 3.8) is 0 Å². The van der Waals surface area contributed by atoms with E-state index in [0.29, 0.717) is 25.7 Å². The number of methoxy groups -OCH3 is 1. The highest BCUT2D eigenvalue weighted by molar-refractivity contribution is 5.93. The third kappa shape index (κ3) is 3.74. The van der Waals surface area contributed by atoms with Gasteiger partial charge in [-0.25, -0.2) is 0 Å². The van der Waals surface area contributed by atoms with Gasteiger partial charge in [-0.15, -0.1) is 0 Å². The fraction of sp³-hybridized carbons (Fsp3) is 0.500. The molecule has 2 N–H and O–H groups in total. The van der Waals surface area contributed by atoms with Crippen LogP contribution in [0.15, 0.2) is 18.2 Å². The second kappa shape index (κ2) is 6.61. The van der Waals surface area contributed by atoms with Gasteiger partial charge >= 0.3 is 5.97 Å². The third-order valence-electron chi connectivity index (χ3n) is 4.14. The number of carboxylic acids is 1. The number of aliphatic carboxylic acids is 1. The molecule has 0 unspecified atom stereocenters. The number of carbonyl (C=O) groups excluding carboxylic acids is 1. The van der Waals surface area contributed by atoms with E-state index in [4.69, 9.17) is 9.84 Å². The molecule has 1 aliphatic carbocycles. The summed E-state index contributed by atoms with van der Waals surface area (Å²) in [6.45, 7) is 1.92. The molecule has 0 heterocycles. The molecule has 0 radical (unpaired) electrons. The van der Waals surface area contributed by atoms with Crippen molar-refractivity contribution in [2.45, 2.75) is 32.6 Å². The molecule has 2 rings (SSSR count). The van der Waals surface area contributed by atoms with Gasteiger partial charge in [-0.3, -0.25) is 9.59 Å². The van der Waals surface area contributed by atoms with Gasteiger partial charge in [-0.1, -0.05) is 0 Å². The number of carbonyl (C=O) groups is 2. The summed E-state index contributed by atoms with van der Waals surface area (Å²) in [5.74, 6) is -0.404. The molecule has 1 saturated carbocycles. The van der Waals surface area contributed by atoms with E-state index in [1.807, 2.05) is 25.1 Å². The molecule has 1 amide bonds. The average Bonchev–Trinajstić information content (AvgIpc) is 2.49. The molecular weight excluding hydrogens is 270 g/mol. The average molecular weight is 291 g/mol. The van der Waals surface area contributed by atoms with E-state index in [-0.39, 0.29) is 17.7 Å². The van der Waals surface area contributed by atoms with E-state index < -0.39 is 5.97 Å². The van der Waals surface area contributed by atoms with Gasteiger partial charge in [0.1, 0.15) is 5.75 Å². The van der Waals surface area contributed by atoms with Crippen molar-refractivity contribution in [1.82, 2.24) is 0 Å². The molecule has 114 valence electrons. The van der Waals surface area contributed by atoms with Crippen LogP contribution in [-0.2, 0) is 9.59 Å². The highest BCUT2D eigenvalue weighted by Crippen LogP contribution is 2.30. The number of carboxylic acid groups (broad SMARTS) is 1. The van der Waals surface area contributed by atoms with Crippen LogP contribution in [0.4, 0.5) is 5.69 Å². The number of hydrogen-bond acceptors (Lipinski definition) is 3. The van der Waals surface area contributed by atoms with Crippen molar-refractivity contribution in [3.8, 4) is 5.75 Å².